The molecule has 98 valence electrons. The zero-order valence-electron chi connectivity index (χ0n) is 10.9. The number of H-pyrrole nitrogens is 1. The van der Waals surface area contributed by atoms with Gasteiger partial charge in [-0.25, -0.2) is 0 Å². The first-order valence-electron chi connectivity index (χ1n) is 5.93. The Bertz CT molecular complexity index is 649. The summed E-state index contributed by atoms with van der Waals surface area (Å²) in [5, 5.41) is 0. The van der Waals surface area contributed by atoms with Crippen LogP contribution in [0.4, 0.5) is 0 Å². The average Bonchev–Trinajstić information content (AvgIpc) is 2.38. The summed E-state index contributed by atoms with van der Waals surface area (Å²) in [4.78, 5) is 31.7. The Morgan fingerprint density at radius 1 is 1.37 bits per heavy atom. The number of carbonyl (C=O) groups excluding carboxylic acids is 1. The molecule has 0 fully saturated rings. The third-order valence-corrected chi connectivity index (χ3v) is 2.71. The molecule has 0 aliphatic carbocycles. The third-order valence-electron chi connectivity index (χ3n) is 2.71. The summed E-state index contributed by atoms with van der Waals surface area (Å²) in [5.74, 6) is -0.200. The van der Waals surface area contributed by atoms with Crippen molar-refractivity contribution in [3.05, 3.63) is 63.8 Å². The van der Waals surface area contributed by atoms with Crippen LogP contribution in [-0.2, 0) is 6.54 Å². The molecular formula is C14H15N3O2. The molecule has 2 heterocycles. The summed E-state index contributed by atoms with van der Waals surface area (Å²) < 4.78 is 0. The molecule has 0 saturated carbocycles. The number of rotatable bonds is 3. The first-order chi connectivity index (χ1) is 9.06. The second kappa shape index (κ2) is 5.48. The summed E-state index contributed by atoms with van der Waals surface area (Å²) in [7, 11) is 1.69. The van der Waals surface area contributed by atoms with E-state index in [0.717, 1.165) is 11.4 Å². The van der Waals surface area contributed by atoms with Gasteiger partial charge in [0.25, 0.3) is 5.91 Å². The van der Waals surface area contributed by atoms with Gasteiger partial charge in [-0.15, -0.1) is 0 Å². The molecule has 5 nitrogen and oxygen atoms in total. The summed E-state index contributed by atoms with van der Waals surface area (Å²) in [6.07, 6.45) is 1.47. The van der Waals surface area contributed by atoms with E-state index >= 15 is 0 Å². The molecule has 0 atom stereocenters. The summed E-state index contributed by atoms with van der Waals surface area (Å²) in [6, 6.07) is 8.56. The fourth-order valence-corrected chi connectivity index (χ4v) is 1.80. The van der Waals surface area contributed by atoms with Crippen LogP contribution in [0.15, 0.2) is 41.3 Å². The minimum absolute atomic E-state index is 0.200. The van der Waals surface area contributed by atoms with Gasteiger partial charge in [-0.05, 0) is 25.1 Å². The lowest BCUT2D eigenvalue weighted by Crippen LogP contribution is -2.27. The lowest BCUT2D eigenvalue weighted by atomic mass is 10.2. The van der Waals surface area contributed by atoms with Crippen LogP contribution < -0.4 is 5.56 Å². The number of aromatic amines is 1. The van der Waals surface area contributed by atoms with E-state index in [0.29, 0.717) is 12.1 Å². The van der Waals surface area contributed by atoms with E-state index in [9.17, 15) is 9.59 Å². The molecular weight excluding hydrogens is 242 g/mol. The topological polar surface area (TPSA) is 66.1 Å². The van der Waals surface area contributed by atoms with Crippen LogP contribution in [0.1, 0.15) is 21.7 Å². The van der Waals surface area contributed by atoms with Crippen molar-refractivity contribution in [2.24, 2.45) is 0 Å². The third kappa shape index (κ3) is 3.28. The molecule has 19 heavy (non-hydrogen) atoms. The maximum atomic E-state index is 12.1. The summed E-state index contributed by atoms with van der Waals surface area (Å²) in [6.45, 7) is 2.31. The van der Waals surface area contributed by atoms with E-state index < -0.39 is 0 Å². The van der Waals surface area contributed by atoms with Gasteiger partial charge in [0.1, 0.15) is 0 Å². The van der Waals surface area contributed by atoms with Gasteiger partial charge in [0.05, 0.1) is 12.2 Å². The number of hydrogen-bond donors (Lipinski definition) is 1. The molecule has 0 unspecified atom stereocenters. The Kier molecular flexibility index (Phi) is 3.75. The van der Waals surface area contributed by atoms with Gasteiger partial charge >= 0.3 is 0 Å². The lowest BCUT2D eigenvalue weighted by molar-refractivity contribution is 0.0783. The van der Waals surface area contributed by atoms with Gasteiger partial charge in [-0.1, -0.05) is 6.07 Å². The number of hydrogen-bond acceptors (Lipinski definition) is 3. The summed E-state index contributed by atoms with van der Waals surface area (Å²) >= 11 is 0. The molecule has 0 radical (unpaired) electrons. The predicted octanol–water partition coefficient (Wildman–Crippen LogP) is 1.35. The highest BCUT2D eigenvalue weighted by Gasteiger charge is 2.12. The van der Waals surface area contributed by atoms with Crippen LogP contribution in [0.3, 0.4) is 0 Å². The van der Waals surface area contributed by atoms with E-state index in [1.807, 2.05) is 25.1 Å². The Morgan fingerprint density at radius 3 is 2.84 bits per heavy atom. The van der Waals surface area contributed by atoms with E-state index in [1.165, 1.54) is 17.2 Å². The number of aryl methyl sites for hydroxylation is 1. The molecule has 0 aliphatic rings. The highest BCUT2D eigenvalue weighted by atomic mass is 16.2. The zero-order valence-corrected chi connectivity index (χ0v) is 10.9. The molecule has 2 rings (SSSR count). The van der Waals surface area contributed by atoms with Crippen LogP contribution in [0.2, 0.25) is 0 Å². The van der Waals surface area contributed by atoms with E-state index in [2.05, 4.69) is 9.97 Å². The zero-order chi connectivity index (χ0) is 13.8. The standard InChI is InChI=1S/C14H15N3O2/c1-10-4-3-5-12(16-10)9-17(2)14(19)11-6-7-15-13(18)8-11/h3-8H,9H2,1-2H3,(H,15,18). The first-order valence-corrected chi connectivity index (χ1v) is 5.93. The highest BCUT2D eigenvalue weighted by molar-refractivity contribution is 5.93. The van der Waals surface area contributed by atoms with Crippen LogP contribution in [0.25, 0.3) is 0 Å². The Balaban J connectivity index is 2.14. The molecule has 0 saturated heterocycles. The van der Waals surface area contributed by atoms with Crippen molar-refractivity contribution in [2.45, 2.75) is 13.5 Å². The number of aromatic nitrogens is 2. The van der Waals surface area contributed by atoms with Crippen molar-refractivity contribution in [3.8, 4) is 0 Å². The number of nitrogens with zero attached hydrogens (tertiary/aromatic N) is 2. The van der Waals surface area contributed by atoms with Gasteiger partial charge in [0.15, 0.2) is 0 Å². The van der Waals surface area contributed by atoms with Gasteiger partial charge in [0, 0.05) is 30.6 Å². The lowest BCUT2D eigenvalue weighted by Gasteiger charge is -2.16. The quantitative estimate of drug-likeness (QED) is 0.902. The molecule has 0 aromatic carbocycles. The number of amides is 1. The SMILES string of the molecule is Cc1cccc(CN(C)C(=O)c2cc[nH]c(=O)c2)n1. The number of pyridine rings is 2. The van der Waals surface area contributed by atoms with Crippen LogP contribution in [0, 0.1) is 6.92 Å². The Hall–Kier alpha value is -2.43. The largest absolute Gasteiger partial charge is 0.336 e. The number of carbonyl (C=O) groups is 1. The molecule has 1 N–H and O–H groups in total. The van der Waals surface area contributed by atoms with Crippen molar-refractivity contribution in [1.29, 1.82) is 0 Å². The van der Waals surface area contributed by atoms with Gasteiger partial charge in [-0.2, -0.15) is 0 Å². The molecule has 0 bridgehead atoms. The van der Waals surface area contributed by atoms with Crippen molar-refractivity contribution < 1.29 is 4.79 Å². The van der Waals surface area contributed by atoms with Crippen molar-refractivity contribution in [3.63, 3.8) is 0 Å². The molecule has 5 heteroatoms. The molecule has 0 aliphatic heterocycles. The molecule has 2 aromatic heterocycles. The highest BCUT2D eigenvalue weighted by Crippen LogP contribution is 2.05. The van der Waals surface area contributed by atoms with Crippen LogP contribution in [-0.4, -0.2) is 27.8 Å². The summed E-state index contributed by atoms with van der Waals surface area (Å²) in [5.41, 5.74) is 1.82. The van der Waals surface area contributed by atoms with Crippen molar-refractivity contribution in [1.82, 2.24) is 14.9 Å². The van der Waals surface area contributed by atoms with Crippen LogP contribution in [0.5, 0.6) is 0 Å². The van der Waals surface area contributed by atoms with Crippen molar-refractivity contribution in [2.75, 3.05) is 7.05 Å². The monoisotopic (exact) mass is 257 g/mol. The molecule has 2 aromatic rings. The predicted molar refractivity (Wildman–Crippen MR) is 71.8 cm³/mol. The maximum Gasteiger partial charge on any atom is 0.254 e. The first kappa shape index (κ1) is 13.0. The average molecular weight is 257 g/mol. The second-order valence-corrected chi connectivity index (χ2v) is 4.37. The van der Waals surface area contributed by atoms with Crippen LogP contribution >= 0.6 is 0 Å². The number of nitrogens with one attached hydrogen (secondary N) is 1. The van der Waals surface area contributed by atoms with Gasteiger partial charge < -0.3 is 9.88 Å². The molecule has 0 spiro atoms. The van der Waals surface area contributed by atoms with Crippen molar-refractivity contribution >= 4 is 5.91 Å². The maximum absolute atomic E-state index is 12.1. The van der Waals surface area contributed by atoms with E-state index in [-0.39, 0.29) is 11.5 Å². The normalized spacial score (nSPS) is 10.2. The minimum atomic E-state index is -0.284. The Labute approximate surface area is 110 Å². The van der Waals surface area contributed by atoms with E-state index in [4.69, 9.17) is 0 Å². The minimum Gasteiger partial charge on any atom is -0.336 e. The fraction of sp³-hybridized carbons (Fsp3) is 0.214. The Morgan fingerprint density at radius 2 is 2.16 bits per heavy atom. The fourth-order valence-electron chi connectivity index (χ4n) is 1.80. The second-order valence-electron chi connectivity index (χ2n) is 4.37. The van der Waals surface area contributed by atoms with Gasteiger partial charge in [-0.3, -0.25) is 14.6 Å². The molecule has 1 amide bonds. The van der Waals surface area contributed by atoms with Gasteiger partial charge in [0.2, 0.25) is 5.56 Å². The van der Waals surface area contributed by atoms with E-state index in [1.54, 1.807) is 13.1 Å². The smallest absolute Gasteiger partial charge is 0.254 e.